The van der Waals surface area contributed by atoms with E-state index in [0.29, 0.717) is 0 Å². The first kappa shape index (κ1) is 19.6. The van der Waals surface area contributed by atoms with Crippen LogP contribution in [0.4, 0.5) is 0 Å². The van der Waals surface area contributed by atoms with Gasteiger partial charge in [-0.05, 0) is 31.4 Å². The normalized spacial score (nSPS) is 8.26. The molecular formula is C17H26O2. The van der Waals surface area contributed by atoms with Crippen LogP contribution in [0.1, 0.15) is 52.2 Å². The summed E-state index contributed by atoms with van der Waals surface area (Å²) in [6.07, 6.45) is 3.05. The Morgan fingerprint density at radius 3 is 1.68 bits per heavy atom. The third-order valence-corrected chi connectivity index (χ3v) is 2.12. The lowest BCUT2D eigenvalue weighted by atomic mass is 10.1. The molecule has 2 heteroatoms. The molecule has 1 aromatic rings. The van der Waals surface area contributed by atoms with Gasteiger partial charge in [0.15, 0.2) is 0 Å². The zero-order valence-electron chi connectivity index (χ0n) is 12.8. The molecule has 0 saturated heterocycles. The van der Waals surface area contributed by atoms with Crippen LogP contribution in [0.15, 0.2) is 30.8 Å². The average molecular weight is 262 g/mol. The van der Waals surface area contributed by atoms with E-state index in [2.05, 4.69) is 37.8 Å². The maximum atomic E-state index is 10.0. The first-order valence-corrected chi connectivity index (χ1v) is 6.69. The molecule has 0 spiro atoms. The van der Waals surface area contributed by atoms with Crippen molar-refractivity contribution in [2.45, 2.75) is 47.5 Å². The number of rotatable bonds is 4. The summed E-state index contributed by atoms with van der Waals surface area (Å²) in [7, 11) is 0. The van der Waals surface area contributed by atoms with Gasteiger partial charge in [0.25, 0.3) is 0 Å². The molecule has 0 heterocycles. The molecule has 2 nitrogen and oxygen atoms in total. The highest BCUT2D eigenvalue weighted by molar-refractivity contribution is 5.96. The topological polar surface area (TPSA) is 34.1 Å². The third-order valence-electron chi connectivity index (χ3n) is 2.12. The molecule has 0 aliphatic rings. The molecule has 0 N–H and O–H groups in total. The lowest BCUT2D eigenvalue weighted by Gasteiger charge is -1.95. The van der Waals surface area contributed by atoms with Gasteiger partial charge < -0.3 is 0 Å². The fraction of sp³-hybridized carbons (Fsp3) is 0.412. The Hall–Kier alpha value is -1.70. The summed E-state index contributed by atoms with van der Waals surface area (Å²) in [5, 5.41) is 0. The van der Waals surface area contributed by atoms with Crippen LogP contribution in [0.3, 0.4) is 0 Å². The van der Waals surface area contributed by atoms with Crippen molar-refractivity contribution in [2.75, 3.05) is 0 Å². The van der Waals surface area contributed by atoms with Gasteiger partial charge in [0, 0.05) is 0 Å². The highest BCUT2D eigenvalue weighted by atomic mass is 16.1. The number of Topliss-reactive ketones (excluding diaryl/α,β-unsaturated/α-hetero) is 2. The molecule has 0 atom stereocenters. The summed E-state index contributed by atoms with van der Waals surface area (Å²) in [5.41, 5.74) is 2.57. The van der Waals surface area contributed by atoms with Crippen LogP contribution >= 0.6 is 0 Å². The fourth-order valence-corrected chi connectivity index (χ4v) is 1.24. The summed E-state index contributed by atoms with van der Waals surface area (Å²) in [4.78, 5) is 20.1. The Kier molecular flexibility index (Phi) is 13.2. The molecule has 0 aromatic heterocycles. The molecule has 0 amide bonds. The predicted octanol–water partition coefficient (Wildman–Crippen LogP) is 4.47. The van der Waals surface area contributed by atoms with Crippen LogP contribution in [-0.2, 0) is 16.0 Å². The van der Waals surface area contributed by atoms with E-state index in [4.69, 9.17) is 0 Å². The van der Waals surface area contributed by atoms with E-state index < -0.39 is 0 Å². The second-order valence-corrected chi connectivity index (χ2v) is 3.88. The van der Waals surface area contributed by atoms with Gasteiger partial charge in [-0.25, -0.2) is 0 Å². The number of aryl methyl sites for hydroxylation is 1. The molecule has 1 aromatic carbocycles. The monoisotopic (exact) mass is 262 g/mol. The van der Waals surface area contributed by atoms with Gasteiger partial charge in [-0.1, -0.05) is 57.7 Å². The standard InChI is InChI=1S/C10H12.C5H8O2.C2H6/c1-3-9-5-7-10(4-2)8-6-9;1-4(6)3-5(2)7;1-2/h3,5-8H,1,4H2,2H3;3H2,1-2H3;1-2H3. The van der Waals surface area contributed by atoms with Crippen molar-refractivity contribution in [2.24, 2.45) is 0 Å². The molecule has 0 fully saturated rings. The van der Waals surface area contributed by atoms with Gasteiger partial charge >= 0.3 is 0 Å². The van der Waals surface area contributed by atoms with E-state index in [9.17, 15) is 9.59 Å². The lowest BCUT2D eigenvalue weighted by molar-refractivity contribution is -0.124. The third kappa shape index (κ3) is 12.5. The Labute approximate surface area is 117 Å². The first-order valence-electron chi connectivity index (χ1n) is 6.69. The molecule has 0 unspecified atom stereocenters. The molecule has 0 radical (unpaired) electrons. The van der Waals surface area contributed by atoms with Gasteiger partial charge in [0.2, 0.25) is 0 Å². The van der Waals surface area contributed by atoms with Crippen molar-refractivity contribution in [3.8, 4) is 0 Å². The smallest absolute Gasteiger partial charge is 0.137 e. The summed E-state index contributed by atoms with van der Waals surface area (Å²) >= 11 is 0. The van der Waals surface area contributed by atoms with Crippen molar-refractivity contribution in [1.29, 1.82) is 0 Å². The zero-order valence-corrected chi connectivity index (χ0v) is 12.8. The van der Waals surface area contributed by atoms with Gasteiger partial charge in [0.05, 0.1) is 6.42 Å². The number of carbonyl (C=O) groups is 2. The summed E-state index contributed by atoms with van der Waals surface area (Å²) < 4.78 is 0. The minimum Gasteiger partial charge on any atom is -0.300 e. The van der Waals surface area contributed by atoms with Crippen LogP contribution in [0.2, 0.25) is 0 Å². The minimum absolute atomic E-state index is 0.0625. The lowest BCUT2D eigenvalue weighted by Crippen LogP contribution is -1.97. The molecule has 0 aliphatic heterocycles. The molecular weight excluding hydrogens is 236 g/mol. The summed E-state index contributed by atoms with van der Waals surface area (Å²) in [6, 6.07) is 8.45. The van der Waals surface area contributed by atoms with E-state index in [0.717, 1.165) is 6.42 Å². The highest BCUT2D eigenvalue weighted by Gasteiger charge is 1.94. The Balaban J connectivity index is 0. The van der Waals surface area contributed by atoms with Gasteiger partial charge in [-0.15, -0.1) is 0 Å². The maximum Gasteiger partial charge on any atom is 0.137 e. The minimum atomic E-state index is -0.0625. The van der Waals surface area contributed by atoms with E-state index in [1.807, 2.05) is 19.9 Å². The summed E-state index contributed by atoms with van der Waals surface area (Å²) in [5.74, 6) is -0.125. The molecule has 19 heavy (non-hydrogen) atoms. The summed E-state index contributed by atoms with van der Waals surface area (Å²) in [6.45, 7) is 12.7. The van der Waals surface area contributed by atoms with Crippen LogP contribution in [-0.4, -0.2) is 11.6 Å². The fourth-order valence-electron chi connectivity index (χ4n) is 1.24. The van der Waals surface area contributed by atoms with Crippen molar-refractivity contribution < 1.29 is 9.59 Å². The van der Waals surface area contributed by atoms with Crippen molar-refractivity contribution in [1.82, 2.24) is 0 Å². The van der Waals surface area contributed by atoms with Crippen LogP contribution in [0.25, 0.3) is 6.08 Å². The molecule has 1 rings (SSSR count). The van der Waals surface area contributed by atoms with Crippen molar-refractivity contribution >= 4 is 17.6 Å². The second-order valence-electron chi connectivity index (χ2n) is 3.88. The van der Waals surface area contributed by atoms with E-state index >= 15 is 0 Å². The first-order chi connectivity index (χ1) is 8.99. The molecule has 0 aliphatic carbocycles. The van der Waals surface area contributed by atoms with E-state index in [1.165, 1.54) is 25.0 Å². The quantitative estimate of drug-likeness (QED) is 0.750. The van der Waals surface area contributed by atoms with E-state index in [1.54, 1.807) is 0 Å². The van der Waals surface area contributed by atoms with Gasteiger partial charge in [0.1, 0.15) is 11.6 Å². The van der Waals surface area contributed by atoms with Crippen LogP contribution in [0.5, 0.6) is 0 Å². The highest BCUT2D eigenvalue weighted by Crippen LogP contribution is 2.05. The zero-order chi connectivity index (χ0) is 15.3. The van der Waals surface area contributed by atoms with Crippen molar-refractivity contribution in [3.05, 3.63) is 42.0 Å². The van der Waals surface area contributed by atoms with Crippen LogP contribution < -0.4 is 0 Å². The predicted molar refractivity (Wildman–Crippen MR) is 83.2 cm³/mol. The number of ketones is 2. The maximum absolute atomic E-state index is 10.0. The van der Waals surface area contributed by atoms with Crippen LogP contribution in [0, 0.1) is 0 Å². The van der Waals surface area contributed by atoms with Gasteiger partial charge in [-0.3, -0.25) is 9.59 Å². The SMILES string of the molecule is C=Cc1ccc(CC)cc1.CC.CC(=O)CC(C)=O. The molecule has 0 saturated carbocycles. The Bertz CT molecular complexity index is 363. The largest absolute Gasteiger partial charge is 0.300 e. The Morgan fingerprint density at radius 2 is 1.47 bits per heavy atom. The van der Waals surface area contributed by atoms with Gasteiger partial charge in [-0.2, -0.15) is 0 Å². The number of carbonyl (C=O) groups excluding carboxylic acids is 2. The molecule has 0 bridgehead atoms. The van der Waals surface area contributed by atoms with E-state index in [-0.39, 0.29) is 18.0 Å². The molecule has 106 valence electrons. The number of hydrogen-bond acceptors (Lipinski definition) is 2. The van der Waals surface area contributed by atoms with Crippen molar-refractivity contribution in [3.63, 3.8) is 0 Å². The Morgan fingerprint density at radius 1 is 1.05 bits per heavy atom. The average Bonchev–Trinajstić information content (AvgIpc) is 2.40. The number of hydrogen-bond donors (Lipinski definition) is 0. The second kappa shape index (κ2) is 12.7. The number of benzene rings is 1.